The van der Waals surface area contributed by atoms with Gasteiger partial charge < -0.3 is 9.84 Å². The minimum atomic E-state index is -3.33. The van der Waals surface area contributed by atoms with Crippen molar-refractivity contribution in [3.63, 3.8) is 0 Å². The van der Waals surface area contributed by atoms with Crippen molar-refractivity contribution in [2.75, 3.05) is 20.0 Å². The molecule has 0 saturated carbocycles. The Morgan fingerprint density at radius 3 is 2.53 bits per heavy atom. The Morgan fingerprint density at radius 1 is 1.40 bits per heavy atom. The summed E-state index contributed by atoms with van der Waals surface area (Å²) >= 11 is 0. The first-order chi connectivity index (χ1) is 7.00. The van der Waals surface area contributed by atoms with Gasteiger partial charge >= 0.3 is 0 Å². The van der Waals surface area contributed by atoms with E-state index in [4.69, 9.17) is 9.84 Å². The molecule has 0 aliphatic carbocycles. The number of aliphatic hydroxyl groups is 1. The molecule has 1 rings (SSSR count). The molecular formula is C10H14O4S. The van der Waals surface area contributed by atoms with Crippen molar-refractivity contribution in [3.8, 4) is 5.75 Å². The Balaban J connectivity index is 3.41. The molecule has 0 radical (unpaired) electrons. The van der Waals surface area contributed by atoms with Gasteiger partial charge in [0.1, 0.15) is 10.6 Å². The van der Waals surface area contributed by atoms with Crippen LogP contribution in [0, 0.1) is 0 Å². The zero-order valence-electron chi connectivity index (χ0n) is 8.73. The van der Waals surface area contributed by atoms with E-state index in [0.29, 0.717) is 17.7 Å². The molecule has 0 amide bonds. The standard InChI is InChI=1S/C10H14O4S/c1-14-9-5-3-4-8(6-7-11)10(9)15(2,12)13/h3-5,11H,6-7H2,1-2H3. The number of hydrogen-bond donors (Lipinski definition) is 1. The smallest absolute Gasteiger partial charge is 0.179 e. The summed E-state index contributed by atoms with van der Waals surface area (Å²) in [5.41, 5.74) is 0.583. The van der Waals surface area contributed by atoms with E-state index in [1.807, 2.05) is 0 Å². The van der Waals surface area contributed by atoms with E-state index in [2.05, 4.69) is 0 Å². The van der Waals surface area contributed by atoms with Gasteiger partial charge in [-0.1, -0.05) is 12.1 Å². The quantitative estimate of drug-likeness (QED) is 0.824. The first-order valence-corrected chi connectivity index (χ1v) is 6.36. The van der Waals surface area contributed by atoms with Crippen LogP contribution in [0.15, 0.2) is 23.1 Å². The lowest BCUT2D eigenvalue weighted by atomic mass is 10.1. The lowest BCUT2D eigenvalue weighted by Gasteiger charge is -2.11. The Bertz CT molecular complexity index is 437. The normalized spacial score (nSPS) is 11.4. The fourth-order valence-electron chi connectivity index (χ4n) is 1.46. The average Bonchev–Trinajstić information content (AvgIpc) is 2.16. The molecule has 0 saturated heterocycles. The van der Waals surface area contributed by atoms with Crippen molar-refractivity contribution in [2.24, 2.45) is 0 Å². The Hall–Kier alpha value is -1.07. The van der Waals surface area contributed by atoms with Crippen molar-refractivity contribution in [3.05, 3.63) is 23.8 Å². The van der Waals surface area contributed by atoms with Gasteiger partial charge in [0.15, 0.2) is 9.84 Å². The van der Waals surface area contributed by atoms with E-state index < -0.39 is 9.84 Å². The van der Waals surface area contributed by atoms with Gasteiger partial charge in [0.2, 0.25) is 0 Å². The number of ether oxygens (including phenoxy) is 1. The zero-order chi connectivity index (χ0) is 11.5. The van der Waals surface area contributed by atoms with Gasteiger partial charge in [0.25, 0.3) is 0 Å². The van der Waals surface area contributed by atoms with E-state index in [-0.39, 0.29) is 11.5 Å². The van der Waals surface area contributed by atoms with Crippen LogP contribution in [0.4, 0.5) is 0 Å². The van der Waals surface area contributed by atoms with Crippen molar-refractivity contribution >= 4 is 9.84 Å². The fourth-order valence-corrected chi connectivity index (χ4v) is 2.62. The third-order valence-corrected chi connectivity index (χ3v) is 3.24. The fraction of sp³-hybridized carbons (Fsp3) is 0.400. The lowest BCUT2D eigenvalue weighted by Crippen LogP contribution is -2.06. The highest BCUT2D eigenvalue weighted by molar-refractivity contribution is 7.90. The number of sulfone groups is 1. The predicted molar refractivity (Wildman–Crippen MR) is 56.9 cm³/mol. The van der Waals surface area contributed by atoms with E-state index in [0.717, 1.165) is 6.26 Å². The maximum absolute atomic E-state index is 11.5. The van der Waals surface area contributed by atoms with Crippen LogP contribution in [0.5, 0.6) is 5.75 Å². The van der Waals surface area contributed by atoms with Crippen molar-refractivity contribution < 1.29 is 18.3 Å². The summed E-state index contributed by atoms with van der Waals surface area (Å²) in [5.74, 6) is 0.323. The molecular weight excluding hydrogens is 216 g/mol. The third-order valence-electron chi connectivity index (χ3n) is 2.03. The topological polar surface area (TPSA) is 63.6 Å². The monoisotopic (exact) mass is 230 g/mol. The summed E-state index contributed by atoms with van der Waals surface area (Å²) in [4.78, 5) is 0.168. The summed E-state index contributed by atoms with van der Waals surface area (Å²) < 4.78 is 28.1. The van der Waals surface area contributed by atoms with Crippen LogP contribution in [-0.2, 0) is 16.3 Å². The van der Waals surface area contributed by atoms with Gasteiger partial charge in [-0.25, -0.2) is 8.42 Å². The zero-order valence-corrected chi connectivity index (χ0v) is 9.54. The van der Waals surface area contributed by atoms with Gasteiger partial charge in [0, 0.05) is 12.9 Å². The first kappa shape index (κ1) is 12.0. The second-order valence-electron chi connectivity index (χ2n) is 3.19. The van der Waals surface area contributed by atoms with Crippen molar-refractivity contribution in [1.82, 2.24) is 0 Å². The van der Waals surface area contributed by atoms with Crippen LogP contribution in [0.2, 0.25) is 0 Å². The summed E-state index contributed by atoms with van der Waals surface area (Å²) in [6.45, 7) is -0.0876. The summed E-state index contributed by atoms with van der Waals surface area (Å²) in [5, 5.41) is 8.84. The van der Waals surface area contributed by atoms with Gasteiger partial charge in [-0.05, 0) is 18.1 Å². The molecule has 84 valence electrons. The molecule has 5 heteroatoms. The van der Waals surface area contributed by atoms with Crippen LogP contribution in [0.3, 0.4) is 0 Å². The molecule has 1 aromatic carbocycles. The highest BCUT2D eigenvalue weighted by atomic mass is 32.2. The average molecular weight is 230 g/mol. The summed E-state index contributed by atoms with van der Waals surface area (Å²) in [7, 11) is -1.91. The van der Waals surface area contributed by atoms with Crippen LogP contribution in [-0.4, -0.2) is 33.5 Å². The van der Waals surface area contributed by atoms with Crippen molar-refractivity contribution in [1.29, 1.82) is 0 Å². The highest BCUT2D eigenvalue weighted by Gasteiger charge is 2.18. The highest BCUT2D eigenvalue weighted by Crippen LogP contribution is 2.27. The molecule has 0 atom stereocenters. The van der Waals surface area contributed by atoms with Gasteiger partial charge in [-0.3, -0.25) is 0 Å². The third kappa shape index (κ3) is 2.70. The van der Waals surface area contributed by atoms with Crippen LogP contribution in [0.25, 0.3) is 0 Å². The maximum Gasteiger partial charge on any atom is 0.179 e. The first-order valence-electron chi connectivity index (χ1n) is 4.47. The second-order valence-corrected chi connectivity index (χ2v) is 5.15. The molecule has 0 aliphatic heterocycles. The minimum absolute atomic E-state index is 0.0876. The molecule has 0 spiro atoms. The molecule has 0 unspecified atom stereocenters. The van der Waals surface area contributed by atoms with Crippen LogP contribution in [0.1, 0.15) is 5.56 Å². The summed E-state index contributed by atoms with van der Waals surface area (Å²) in [6, 6.07) is 4.98. The maximum atomic E-state index is 11.5. The number of aliphatic hydroxyl groups excluding tert-OH is 1. The molecule has 1 aromatic rings. The molecule has 1 N–H and O–H groups in total. The van der Waals surface area contributed by atoms with Gasteiger partial charge in [0.05, 0.1) is 7.11 Å². The number of benzene rings is 1. The van der Waals surface area contributed by atoms with Crippen LogP contribution >= 0.6 is 0 Å². The molecule has 0 fully saturated rings. The predicted octanol–water partition coefficient (Wildman–Crippen LogP) is 0.633. The Kier molecular flexibility index (Phi) is 3.71. The minimum Gasteiger partial charge on any atom is -0.495 e. The van der Waals surface area contributed by atoms with E-state index >= 15 is 0 Å². The Morgan fingerprint density at radius 2 is 2.07 bits per heavy atom. The molecule has 0 bridgehead atoms. The second kappa shape index (κ2) is 4.63. The van der Waals surface area contributed by atoms with Gasteiger partial charge in [-0.15, -0.1) is 0 Å². The SMILES string of the molecule is COc1cccc(CCO)c1S(C)(=O)=O. The Labute approximate surface area is 89.4 Å². The van der Waals surface area contributed by atoms with Crippen molar-refractivity contribution in [2.45, 2.75) is 11.3 Å². The van der Waals surface area contributed by atoms with Crippen LogP contribution < -0.4 is 4.74 Å². The molecule has 0 aliphatic rings. The number of hydrogen-bond acceptors (Lipinski definition) is 4. The molecule has 0 heterocycles. The largest absolute Gasteiger partial charge is 0.495 e. The number of rotatable bonds is 4. The number of methoxy groups -OCH3 is 1. The van der Waals surface area contributed by atoms with E-state index in [1.165, 1.54) is 7.11 Å². The summed E-state index contributed by atoms with van der Waals surface area (Å²) in [6.07, 6.45) is 1.44. The van der Waals surface area contributed by atoms with Gasteiger partial charge in [-0.2, -0.15) is 0 Å². The lowest BCUT2D eigenvalue weighted by molar-refractivity contribution is 0.298. The molecule has 4 nitrogen and oxygen atoms in total. The van der Waals surface area contributed by atoms with E-state index in [9.17, 15) is 8.42 Å². The molecule has 15 heavy (non-hydrogen) atoms. The molecule has 0 aromatic heterocycles. The van der Waals surface area contributed by atoms with E-state index in [1.54, 1.807) is 18.2 Å².